The number of aryl methyl sites for hydroxylation is 4. The molecule has 0 aliphatic carbocycles. The second-order valence-electron chi connectivity index (χ2n) is 16.1. The van der Waals surface area contributed by atoms with Gasteiger partial charge in [0.15, 0.2) is 0 Å². The van der Waals surface area contributed by atoms with Crippen molar-refractivity contribution in [1.82, 2.24) is 4.72 Å². The summed E-state index contributed by atoms with van der Waals surface area (Å²) in [4.78, 5) is 54.1. The number of aliphatic carboxylic acids is 1. The van der Waals surface area contributed by atoms with Gasteiger partial charge in [0.25, 0.3) is 5.91 Å². The Bertz CT molecular complexity index is 2990. The number of nitrogens with two attached hydrogens (primary N) is 1. The molecular weight excluding hydrogens is 1370 g/mol. The van der Waals surface area contributed by atoms with E-state index in [0.717, 1.165) is 87.7 Å². The van der Waals surface area contributed by atoms with Crippen LogP contribution in [0.25, 0.3) is 30.4 Å². The van der Waals surface area contributed by atoms with Crippen molar-refractivity contribution in [1.29, 1.82) is 0 Å². The van der Waals surface area contributed by atoms with E-state index in [-0.39, 0.29) is 17.9 Å². The largest absolute Gasteiger partial charge is 0.478 e. The molecule has 21 heteroatoms. The maximum atomic E-state index is 11.3. The number of hydrogen-bond donors (Lipinski definition) is 5. The van der Waals surface area contributed by atoms with Crippen LogP contribution in [-0.2, 0) is 82.8 Å². The number of carboxylic acids is 1. The maximum Gasteiger partial charge on any atom is 0.448 e. The molecular formula is C79H134BBrN2O15S2. The number of esters is 3. The lowest BCUT2D eigenvalue weighted by Crippen LogP contribution is -2.27. The topological polar surface area (TPSA) is 280 Å². The molecule has 0 aliphatic heterocycles. The molecule has 0 unspecified atom stereocenters. The van der Waals surface area contributed by atoms with Crippen LogP contribution < -0.4 is 9.86 Å². The Hall–Kier alpha value is -7.53. The molecule has 5 aromatic rings. The van der Waals surface area contributed by atoms with Gasteiger partial charge in [-0.25, -0.2) is 45.9 Å². The fourth-order valence-corrected chi connectivity index (χ4v) is 6.81. The highest BCUT2D eigenvalue weighted by Gasteiger charge is 2.05. The van der Waals surface area contributed by atoms with E-state index in [1.54, 1.807) is 30.4 Å². The molecule has 17 nitrogen and oxygen atoms in total. The first kappa shape index (κ1) is 119. The number of methoxy groups -OCH3 is 3. The van der Waals surface area contributed by atoms with Crippen molar-refractivity contribution >= 4 is 103 Å². The Balaban J connectivity index is -0.0000000884. The Kier molecular flexibility index (Phi) is 109. The number of carbonyl (C=O) groups excluding carboxylic acids is 4. The molecule has 0 aliphatic rings. The molecule has 5 aromatic carbocycles. The highest BCUT2D eigenvalue weighted by atomic mass is 79.9. The van der Waals surface area contributed by atoms with E-state index < -0.39 is 39.0 Å². The Morgan fingerprint density at radius 2 is 0.640 bits per heavy atom. The molecule has 0 heterocycles. The SMILES string of the molecule is CB(O)O.CC.CC.CC.CC.CC.CC.CC.CC.CC.CC.CCc1ccccc1/C=C/C(=O)NS(C)(=O)=O.CCc1ccccc1/C=C/C(=O)O.CCc1ccccc1/C=C/C(=O)OC.COC(=O)/C=C/c1ccccc1C.COC(=O)/C=C/c1ccccc1CBr.CS(N)(=O)=O. The van der Waals surface area contributed by atoms with Gasteiger partial charge in [-0.1, -0.05) is 297 Å². The van der Waals surface area contributed by atoms with Gasteiger partial charge in [-0.05, 0) is 119 Å². The summed E-state index contributed by atoms with van der Waals surface area (Å²) in [6, 6.07) is 39.1. The molecule has 0 saturated carbocycles. The average Bonchev–Trinajstić information content (AvgIpc) is 0.940. The molecule has 0 bridgehead atoms. The first-order valence-corrected chi connectivity index (χ1v) is 39.3. The molecule has 0 fully saturated rings. The third-order valence-corrected chi connectivity index (χ3v) is 10.8. The number of halogens is 1. The minimum Gasteiger partial charge on any atom is -0.478 e. The summed E-state index contributed by atoms with van der Waals surface area (Å²) in [5.41, 5.74) is 10.8. The van der Waals surface area contributed by atoms with Crippen molar-refractivity contribution in [2.45, 2.75) is 198 Å². The molecule has 1 amide bonds. The number of sulfonamides is 2. The van der Waals surface area contributed by atoms with Gasteiger partial charge in [-0.2, -0.15) is 0 Å². The van der Waals surface area contributed by atoms with Crippen molar-refractivity contribution in [2.24, 2.45) is 5.14 Å². The molecule has 0 radical (unpaired) electrons. The molecule has 0 saturated heterocycles. The Labute approximate surface area is 618 Å². The zero-order valence-electron chi connectivity index (χ0n) is 66.7. The van der Waals surface area contributed by atoms with Crippen LogP contribution >= 0.6 is 15.9 Å². The molecule has 6 N–H and O–H groups in total. The summed E-state index contributed by atoms with van der Waals surface area (Å²) in [5.74, 6) is -2.54. The zero-order valence-corrected chi connectivity index (χ0v) is 70.0. The van der Waals surface area contributed by atoms with Crippen molar-refractivity contribution in [3.8, 4) is 0 Å². The van der Waals surface area contributed by atoms with E-state index in [2.05, 4.69) is 48.3 Å². The summed E-state index contributed by atoms with van der Waals surface area (Å²) >= 11 is 3.38. The number of benzene rings is 5. The second kappa shape index (κ2) is 91.5. The van der Waals surface area contributed by atoms with Crippen LogP contribution in [0.2, 0.25) is 6.82 Å². The third-order valence-electron chi connectivity index (χ3n) is 9.60. The minimum absolute atomic E-state index is 0.323. The van der Waals surface area contributed by atoms with Crippen LogP contribution in [0.1, 0.15) is 215 Å². The van der Waals surface area contributed by atoms with Gasteiger partial charge in [0.1, 0.15) is 0 Å². The van der Waals surface area contributed by atoms with Gasteiger partial charge in [0.05, 0.1) is 33.8 Å². The van der Waals surface area contributed by atoms with Crippen molar-refractivity contribution in [3.05, 3.63) is 207 Å². The number of hydrogen-bond acceptors (Lipinski definition) is 14. The summed E-state index contributed by atoms with van der Waals surface area (Å²) < 4.78 is 55.8. The standard InChI is InChI=1S/C12H15NO3S.C12H14O2.C11H11BrO2.2C11H12O2.10C2H6.CH5BO2.CH5NO2S/c1-3-10-6-4-5-7-11(10)8-9-12(14)13-17(2,15)16;1-3-10-6-4-5-7-11(10)8-9-12(13)14-2;1-14-11(13)7-6-9-4-2-3-5-10(9)8-12;1-9-5-3-4-6-10(9)7-8-11(12)13-2;1-2-9-5-3-4-6-10(9)7-8-11(12)13;10*1-2;1-2(3)4;1-5(2,3)4/h4-9H,3H2,1-2H3,(H,13,14);4-9H,3H2,1-2H3;2-7H,8H2,1H3;3-8H,1-2H3;3-8H,2H2,1H3,(H,12,13);10*1-2H3;3-4H,1H3;1H3,(H2,2,3,4)/b2*9-8+;7-6+;2*8-7+;;;;;;;;;;;;. The van der Waals surface area contributed by atoms with Crippen LogP contribution in [-0.4, -0.2) is 103 Å². The molecule has 0 spiro atoms. The van der Waals surface area contributed by atoms with E-state index >= 15 is 0 Å². The van der Waals surface area contributed by atoms with Gasteiger partial charge >= 0.3 is 31.0 Å². The Morgan fingerprint density at radius 1 is 0.430 bits per heavy atom. The molecule has 100 heavy (non-hydrogen) atoms. The van der Waals surface area contributed by atoms with E-state index in [0.29, 0.717) is 0 Å². The van der Waals surface area contributed by atoms with Gasteiger partial charge in [0, 0.05) is 35.7 Å². The van der Waals surface area contributed by atoms with Crippen LogP contribution in [0.5, 0.6) is 0 Å². The maximum absolute atomic E-state index is 11.3. The predicted octanol–water partition coefficient (Wildman–Crippen LogP) is 19.3. The number of ether oxygens (including phenoxy) is 3. The monoisotopic (exact) mass is 1500 g/mol. The van der Waals surface area contributed by atoms with E-state index in [1.807, 2.05) is 279 Å². The molecule has 572 valence electrons. The fourth-order valence-electron chi connectivity index (χ4n) is 5.87. The van der Waals surface area contributed by atoms with Crippen LogP contribution in [0.3, 0.4) is 0 Å². The van der Waals surface area contributed by atoms with Crippen molar-refractivity contribution in [2.75, 3.05) is 33.8 Å². The molecule has 0 atom stereocenters. The number of carbonyl (C=O) groups is 5. The number of alkyl halides is 1. The number of primary sulfonamides is 1. The van der Waals surface area contributed by atoms with Gasteiger partial charge in [0.2, 0.25) is 20.0 Å². The lowest BCUT2D eigenvalue weighted by atomic mass is 9.99. The van der Waals surface area contributed by atoms with Crippen LogP contribution in [0.15, 0.2) is 152 Å². The number of rotatable bonds is 15. The fraction of sp³-hybridized carbons (Fsp3) is 0.430. The summed E-state index contributed by atoms with van der Waals surface area (Å²) in [6.07, 6.45) is 19.8. The lowest BCUT2D eigenvalue weighted by Gasteiger charge is -2.02. The van der Waals surface area contributed by atoms with Crippen molar-refractivity contribution < 1.29 is 70.2 Å². The normalized spacial score (nSPS) is 9.06. The highest BCUT2D eigenvalue weighted by Crippen LogP contribution is 2.15. The first-order chi connectivity index (χ1) is 47.7. The number of carboxylic acid groups (broad SMARTS) is 1. The van der Waals surface area contributed by atoms with E-state index in [9.17, 15) is 40.8 Å². The average molecular weight is 1510 g/mol. The third kappa shape index (κ3) is 86.6. The van der Waals surface area contributed by atoms with E-state index in [4.69, 9.17) is 15.2 Å². The van der Waals surface area contributed by atoms with Crippen LogP contribution in [0.4, 0.5) is 0 Å². The predicted molar refractivity (Wildman–Crippen MR) is 438 cm³/mol. The lowest BCUT2D eigenvalue weighted by molar-refractivity contribution is -0.135. The second-order valence-corrected chi connectivity index (χ2v) is 20.1. The van der Waals surface area contributed by atoms with Gasteiger partial charge < -0.3 is 29.4 Å². The van der Waals surface area contributed by atoms with Crippen LogP contribution in [0, 0.1) is 6.92 Å². The number of amides is 1. The quantitative estimate of drug-likeness (QED) is 0.0214. The van der Waals surface area contributed by atoms with Crippen molar-refractivity contribution in [3.63, 3.8) is 0 Å². The molecule has 0 aromatic heterocycles. The minimum atomic E-state index is -3.49. The summed E-state index contributed by atoms with van der Waals surface area (Å²) in [7, 11) is -3.72. The number of nitrogens with one attached hydrogen (secondary N) is 1. The Morgan fingerprint density at radius 3 is 0.870 bits per heavy atom. The van der Waals surface area contributed by atoms with E-state index in [1.165, 1.54) is 63.6 Å². The van der Waals surface area contributed by atoms with Gasteiger partial charge in [-0.3, -0.25) is 4.79 Å². The molecule has 5 rings (SSSR count). The van der Waals surface area contributed by atoms with Gasteiger partial charge in [-0.15, -0.1) is 0 Å². The smallest absolute Gasteiger partial charge is 0.448 e. The highest BCUT2D eigenvalue weighted by molar-refractivity contribution is 9.08. The first-order valence-electron chi connectivity index (χ1n) is 34.3. The summed E-state index contributed by atoms with van der Waals surface area (Å²) in [6.45, 7) is 49.4. The zero-order chi connectivity index (χ0) is 81.1. The summed E-state index contributed by atoms with van der Waals surface area (Å²) in [5, 5.41) is 28.8.